The molecule has 0 unspecified atom stereocenters. The number of aromatic nitrogens is 4. The molecule has 14 heteroatoms. The van der Waals surface area contributed by atoms with Gasteiger partial charge in [-0.25, -0.2) is 29.0 Å². The number of halogens is 2. The Morgan fingerprint density at radius 3 is 2.37 bits per heavy atom. The zero-order valence-electron chi connectivity index (χ0n) is 18.1. The minimum Gasteiger partial charge on any atom is -0.473 e. The number of nitrogens with zero attached hydrogens (tertiary/aromatic N) is 5. The highest BCUT2D eigenvalue weighted by atomic mass is 79.9. The first kappa shape index (κ1) is 24.9. The Labute approximate surface area is 218 Å². The molecule has 0 aliphatic heterocycles. The number of hydrogen-bond acceptors (Lipinski definition) is 9. The van der Waals surface area contributed by atoms with Gasteiger partial charge in [-0.1, -0.05) is 28.1 Å². The largest absolute Gasteiger partial charge is 0.473 e. The molecule has 0 aliphatic rings. The van der Waals surface area contributed by atoms with E-state index in [4.69, 9.17) is 13.9 Å². The molecule has 11 nitrogen and oxygen atoms in total. The van der Waals surface area contributed by atoms with E-state index in [1.54, 1.807) is 30.6 Å². The van der Waals surface area contributed by atoms with Crippen molar-refractivity contribution in [3.8, 4) is 23.0 Å². The second-order valence-corrected chi connectivity index (χ2v) is 10.3. The summed E-state index contributed by atoms with van der Waals surface area (Å²) in [5.74, 6) is 0.342. The molecule has 1 N–H and O–H groups in total. The van der Waals surface area contributed by atoms with Crippen molar-refractivity contribution < 1.29 is 22.3 Å². The fourth-order valence-electron chi connectivity index (χ4n) is 2.84. The van der Waals surface area contributed by atoms with Gasteiger partial charge in [-0.15, -0.1) is 0 Å². The Hall–Kier alpha value is -3.23. The summed E-state index contributed by atoms with van der Waals surface area (Å²) in [5, 5.41) is 0. The summed E-state index contributed by atoms with van der Waals surface area (Å²) in [6.45, 7) is 0.228. The third-order valence-corrected chi connectivity index (χ3v) is 6.79. The van der Waals surface area contributed by atoms with Crippen LogP contribution in [0.4, 0.5) is 11.7 Å². The maximum absolute atomic E-state index is 13.0. The van der Waals surface area contributed by atoms with Gasteiger partial charge in [0.15, 0.2) is 5.82 Å². The van der Waals surface area contributed by atoms with Gasteiger partial charge in [-0.3, -0.25) is 0 Å². The number of rotatable bonds is 10. The monoisotopic (exact) mass is 624 g/mol. The van der Waals surface area contributed by atoms with Crippen LogP contribution in [0.3, 0.4) is 0 Å². The Balaban J connectivity index is 1.58. The van der Waals surface area contributed by atoms with Gasteiger partial charge in [0.25, 0.3) is 0 Å². The van der Waals surface area contributed by atoms with E-state index < -0.39 is 10.2 Å². The number of benzene rings is 1. The predicted molar refractivity (Wildman–Crippen MR) is 136 cm³/mol. The standard InChI is InChI=1S/C21H18Br2N6O5S/c1-29(17-3-2-8-32-17)35(30,31)28-19-18(14-4-6-15(22)7-5-14)20(27-13-26-19)33-9-10-34-21-24-11-16(23)12-25-21/h2-8,11-13H,9-10H2,1H3,(H,26,27,28). The molecule has 0 radical (unpaired) electrons. The number of furan rings is 1. The average molecular weight is 626 g/mol. The summed E-state index contributed by atoms with van der Waals surface area (Å²) < 4.78 is 47.5. The van der Waals surface area contributed by atoms with E-state index in [0.29, 0.717) is 11.1 Å². The van der Waals surface area contributed by atoms with Crippen LogP contribution in [0, 0.1) is 0 Å². The van der Waals surface area contributed by atoms with E-state index in [1.807, 2.05) is 12.1 Å². The molecule has 0 amide bonds. The first-order chi connectivity index (χ1) is 16.8. The second-order valence-electron chi connectivity index (χ2n) is 6.82. The summed E-state index contributed by atoms with van der Waals surface area (Å²) in [4.78, 5) is 16.4. The predicted octanol–water partition coefficient (Wildman–Crippen LogP) is 4.30. The quantitative estimate of drug-likeness (QED) is 0.256. The van der Waals surface area contributed by atoms with Crippen molar-refractivity contribution in [3.05, 3.63) is 70.3 Å². The molecule has 0 atom stereocenters. The molecule has 0 spiro atoms. The minimum atomic E-state index is -4.07. The molecule has 4 rings (SSSR count). The van der Waals surface area contributed by atoms with Crippen LogP contribution < -0.4 is 18.5 Å². The highest BCUT2D eigenvalue weighted by Crippen LogP contribution is 2.35. The topological polar surface area (TPSA) is 133 Å². The van der Waals surface area contributed by atoms with Crippen LogP contribution in [0.15, 0.2) is 74.7 Å². The zero-order chi connectivity index (χ0) is 24.8. The molecule has 182 valence electrons. The highest BCUT2D eigenvalue weighted by molar-refractivity contribution is 9.10. The van der Waals surface area contributed by atoms with Gasteiger partial charge in [0.2, 0.25) is 11.8 Å². The highest BCUT2D eigenvalue weighted by Gasteiger charge is 2.25. The molecule has 0 aliphatic carbocycles. The van der Waals surface area contributed by atoms with Crippen LogP contribution >= 0.6 is 31.9 Å². The van der Waals surface area contributed by atoms with Gasteiger partial charge >= 0.3 is 16.2 Å². The van der Waals surface area contributed by atoms with Crippen molar-refractivity contribution in [2.24, 2.45) is 0 Å². The van der Waals surface area contributed by atoms with Gasteiger partial charge in [0, 0.05) is 30.0 Å². The number of ether oxygens (including phenoxy) is 2. The molecule has 3 heterocycles. The first-order valence-corrected chi connectivity index (χ1v) is 13.0. The summed E-state index contributed by atoms with van der Waals surface area (Å²) in [5.41, 5.74) is 0.996. The lowest BCUT2D eigenvalue weighted by atomic mass is 10.1. The summed E-state index contributed by atoms with van der Waals surface area (Å²) in [6.07, 6.45) is 5.72. The minimum absolute atomic E-state index is 0.0351. The van der Waals surface area contributed by atoms with Crippen LogP contribution in [0.2, 0.25) is 0 Å². The molecular formula is C21H18Br2N6O5S. The fraction of sp³-hybridized carbons (Fsp3) is 0.143. The Bertz CT molecular complexity index is 1370. The van der Waals surface area contributed by atoms with Gasteiger partial charge in [-0.05, 0) is 39.7 Å². The fourth-order valence-corrected chi connectivity index (χ4v) is 4.18. The molecule has 4 aromatic rings. The van der Waals surface area contributed by atoms with E-state index in [1.165, 1.54) is 25.7 Å². The lowest BCUT2D eigenvalue weighted by Crippen LogP contribution is -2.32. The maximum atomic E-state index is 13.0. The van der Waals surface area contributed by atoms with Crippen molar-refractivity contribution in [1.29, 1.82) is 0 Å². The van der Waals surface area contributed by atoms with Gasteiger partial charge in [-0.2, -0.15) is 8.42 Å². The molecule has 0 bridgehead atoms. The van der Waals surface area contributed by atoms with E-state index in [-0.39, 0.29) is 36.8 Å². The summed E-state index contributed by atoms with van der Waals surface area (Å²) in [6, 6.07) is 10.5. The molecule has 0 saturated heterocycles. The van der Waals surface area contributed by atoms with Crippen LogP contribution in [0.5, 0.6) is 11.9 Å². The lowest BCUT2D eigenvalue weighted by Gasteiger charge is -2.19. The van der Waals surface area contributed by atoms with Crippen LogP contribution in [-0.2, 0) is 10.2 Å². The Morgan fingerprint density at radius 2 is 1.69 bits per heavy atom. The number of nitrogens with one attached hydrogen (secondary N) is 1. The summed E-state index contributed by atoms with van der Waals surface area (Å²) >= 11 is 6.66. The SMILES string of the molecule is CN(c1ccco1)S(=O)(=O)Nc1ncnc(OCCOc2ncc(Br)cn2)c1-c1ccc(Br)cc1. The van der Waals surface area contributed by atoms with E-state index in [9.17, 15) is 8.42 Å². The van der Waals surface area contributed by atoms with Crippen molar-refractivity contribution in [1.82, 2.24) is 19.9 Å². The molecule has 3 aromatic heterocycles. The van der Waals surface area contributed by atoms with Crippen molar-refractivity contribution >= 4 is 53.8 Å². The molecule has 0 saturated carbocycles. The van der Waals surface area contributed by atoms with Gasteiger partial charge < -0.3 is 13.9 Å². The van der Waals surface area contributed by atoms with E-state index in [2.05, 4.69) is 56.5 Å². The smallest absolute Gasteiger partial charge is 0.327 e. The van der Waals surface area contributed by atoms with E-state index >= 15 is 0 Å². The normalized spacial score (nSPS) is 11.2. The average Bonchev–Trinajstić information content (AvgIpc) is 3.38. The lowest BCUT2D eigenvalue weighted by molar-refractivity contribution is 0.202. The Morgan fingerprint density at radius 1 is 0.971 bits per heavy atom. The third kappa shape index (κ3) is 6.26. The van der Waals surface area contributed by atoms with Crippen molar-refractivity contribution in [3.63, 3.8) is 0 Å². The van der Waals surface area contributed by atoms with E-state index in [0.717, 1.165) is 13.3 Å². The summed E-state index contributed by atoms with van der Waals surface area (Å²) in [7, 11) is -2.71. The van der Waals surface area contributed by atoms with Gasteiger partial charge in [0.05, 0.1) is 16.3 Å². The van der Waals surface area contributed by atoms with Gasteiger partial charge in [0.1, 0.15) is 19.5 Å². The van der Waals surface area contributed by atoms with Crippen LogP contribution in [0.1, 0.15) is 0 Å². The number of anilines is 2. The van der Waals surface area contributed by atoms with Crippen LogP contribution in [-0.4, -0.2) is 48.6 Å². The van der Waals surface area contributed by atoms with Crippen molar-refractivity contribution in [2.45, 2.75) is 0 Å². The Kier molecular flexibility index (Phi) is 7.83. The molecule has 1 aromatic carbocycles. The third-order valence-electron chi connectivity index (χ3n) is 4.50. The molecule has 0 fully saturated rings. The second kappa shape index (κ2) is 11.0. The first-order valence-electron chi connectivity index (χ1n) is 9.98. The molecular weight excluding hydrogens is 608 g/mol. The maximum Gasteiger partial charge on any atom is 0.327 e. The zero-order valence-corrected chi connectivity index (χ0v) is 22.1. The van der Waals surface area contributed by atoms with Crippen LogP contribution in [0.25, 0.3) is 11.1 Å². The number of hydrogen-bond donors (Lipinski definition) is 1. The molecule has 35 heavy (non-hydrogen) atoms. The van der Waals surface area contributed by atoms with Crippen molar-refractivity contribution in [2.75, 3.05) is 29.3 Å².